The number of aromatic amines is 1. The number of pyridine rings is 1. The Morgan fingerprint density at radius 2 is 2.20 bits per heavy atom. The minimum atomic E-state index is -1.06. The fourth-order valence-corrected chi connectivity index (χ4v) is 3.74. The number of aromatic nitrogens is 4. The summed E-state index contributed by atoms with van der Waals surface area (Å²) < 4.78 is 1.79. The molecule has 1 amide bonds. The van der Waals surface area contributed by atoms with E-state index in [1.54, 1.807) is 21.7 Å². The third-order valence-electron chi connectivity index (χ3n) is 5.28. The van der Waals surface area contributed by atoms with Crippen LogP contribution in [0.15, 0.2) is 36.7 Å². The van der Waals surface area contributed by atoms with Crippen LogP contribution in [0, 0.1) is 0 Å². The summed E-state index contributed by atoms with van der Waals surface area (Å²) in [7, 11) is 0. The molecule has 25 heavy (non-hydrogen) atoms. The highest BCUT2D eigenvalue weighted by Gasteiger charge is 2.43. The standard InChI is InChI=1S/C18H19N5O2/c24-17(22-10-7-18(25,11-22)14-6-8-19-20-14)15-13-3-1-2-9-23(13)21-16(15)12-4-5-12/h1-3,6,8-9,12,25H,4-5,7,10-11H2,(H,19,20). The van der Waals surface area contributed by atoms with Crippen LogP contribution in [-0.2, 0) is 5.60 Å². The predicted molar refractivity (Wildman–Crippen MR) is 90.2 cm³/mol. The Balaban J connectivity index is 1.51. The molecule has 1 unspecified atom stereocenters. The number of carbonyl (C=O) groups is 1. The lowest BCUT2D eigenvalue weighted by molar-refractivity contribution is 0.0382. The van der Waals surface area contributed by atoms with E-state index in [0.29, 0.717) is 30.1 Å². The largest absolute Gasteiger partial charge is 0.382 e. The molecule has 1 atom stereocenters. The Kier molecular flexibility index (Phi) is 3.03. The van der Waals surface area contributed by atoms with Crippen LogP contribution in [-0.4, -0.2) is 48.8 Å². The molecule has 2 N–H and O–H groups in total. The van der Waals surface area contributed by atoms with Gasteiger partial charge in [-0.05, 0) is 31.0 Å². The number of nitrogens with one attached hydrogen (secondary N) is 1. The van der Waals surface area contributed by atoms with Gasteiger partial charge in [-0.15, -0.1) is 0 Å². The van der Waals surface area contributed by atoms with Crippen LogP contribution in [0.25, 0.3) is 5.52 Å². The van der Waals surface area contributed by atoms with Crippen molar-refractivity contribution >= 4 is 11.4 Å². The molecule has 1 aliphatic carbocycles. The van der Waals surface area contributed by atoms with Gasteiger partial charge in [-0.2, -0.15) is 10.2 Å². The number of fused-ring (bicyclic) bond motifs is 1. The average Bonchev–Trinajstić information content (AvgIpc) is 3.03. The van der Waals surface area contributed by atoms with E-state index in [4.69, 9.17) is 0 Å². The molecule has 1 saturated carbocycles. The number of β-amino-alcohol motifs (C(OH)–C–C–N with tert-alkyl or cyclic N) is 1. The summed E-state index contributed by atoms with van der Waals surface area (Å²) in [5, 5.41) is 22.3. The molecule has 0 aromatic carbocycles. The van der Waals surface area contributed by atoms with Crippen LogP contribution in [0.3, 0.4) is 0 Å². The second-order valence-corrected chi connectivity index (χ2v) is 7.04. The van der Waals surface area contributed by atoms with Crippen molar-refractivity contribution in [2.45, 2.75) is 30.8 Å². The zero-order chi connectivity index (χ0) is 17.0. The second-order valence-electron chi connectivity index (χ2n) is 7.04. The maximum atomic E-state index is 13.3. The van der Waals surface area contributed by atoms with Crippen molar-refractivity contribution in [3.63, 3.8) is 0 Å². The lowest BCUT2D eigenvalue weighted by Crippen LogP contribution is -2.35. The van der Waals surface area contributed by atoms with Gasteiger partial charge >= 0.3 is 0 Å². The third kappa shape index (κ3) is 2.26. The monoisotopic (exact) mass is 337 g/mol. The highest BCUT2D eigenvalue weighted by molar-refractivity contribution is 6.02. The molecule has 1 saturated heterocycles. The van der Waals surface area contributed by atoms with E-state index in [0.717, 1.165) is 24.1 Å². The Labute approximate surface area is 144 Å². The molecule has 2 fully saturated rings. The zero-order valence-electron chi connectivity index (χ0n) is 13.7. The van der Waals surface area contributed by atoms with Gasteiger partial charge < -0.3 is 10.0 Å². The number of rotatable bonds is 3. The minimum Gasteiger partial charge on any atom is -0.382 e. The van der Waals surface area contributed by atoms with Gasteiger partial charge in [-0.1, -0.05) is 6.07 Å². The van der Waals surface area contributed by atoms with Gasteiger partial charge in [0.1, 0.15) is 5.60 Å². The van der Waals surface area contributed by atoms with Crippen molar-refractivity contribution in [2.75, 3.05) is 13.1 Å². The van der Waals surface area contributed by atoms with E-state index in [2.05, 4.69) is 15.3 Å². The van der Waals surface area contributed by atoms with Crippen LogP contribution < -0.4 is 0 Å². The number of carbonyl (C=O) groups excluding carboxylic acids is 1. The molecule has 1 aliphatic heterocycles. The molecule has 0 radical (unpaired) electrons. The number of amides is 1. The van der Waals surface area contributed by atoms with Crippen LogP contribution in [0.1, 0.15) is 46.9 Å². The van der Waals surface area contributed by atoms with Crippen LogP contribution in [0.4, 0.5) is 0 Å². The molecule has 3 aromatic heterocycles. The fraction of sp³-hybridized carbons (Fsp3) is 0.389. The maximum Gasteiger partial charge on any atom is 0.258 e. The molecule has 3 aromatic rings. The SMILES string of the molecule is O=C(c1c(C2CC2)nn2ccccc12)N1CCC(O)(c2ccn[nH]2)C1. The van der Waals surface area contributed by atoms with Crippen molar-refractivity contribution in [3.05, 3.63) is 53.6 Å². The lowest BCUT2D eigenvalue weighted by atomic mass is 9.99. The highest BCUT2D eigenvalue weighted by Crippen LogP contribution is 2.42. The van der Waals surface area contributed by atoms with E-state index < -0.39 is 5.60 Å². The first kappa shape index (κ1) is 14.7. The summed E-state index contributed by atoms with van der Waals surface area (Å²) in [6.07, 6.45) is 6.17. The minimum absolute atomic E-state index is 0.0430. The zero-order valence-corrected chi connectivity index (χ0v) is 13.7. The van der Waals surface area contributed by atoms with Crippen LogP contribution in [0.5, 0.6) is 0 Å². The van der Waals surface area contributed by atoms with E-state index >= 15 is 0 Å². The van der Waals surface area contributed by atoms with Gasteiger partial charge in [0.25, 0.3) is 5.91 Å². The molecule has 7 heteroatoms. The van der Waals surface area contributed by atoms with Gasteiger partial charge in [0.2, 0.25) is 0 Å². The van der Waals surface area contributed by atoms with Crippen LogP contribution >= 0.6 is 0 Å². The summed E-state index contributed by atoms with van der Waals surface area (Å²) in [5.41, 5.74) is 2.02. The summed E-state index contributed by atoms with van der Waals surface area (Å²) in [6, 6.07) is 7.54. The predicted octanol–water partition coefficient (Wildman–Crippen LogP) is 1.67. The van der Waals surface area contributed by atoms with Crippen molar-refractivity contribution in [1.29, 1.82) is 0 Å². The molecule has 2 aliphatic rings. The topological polar surface area (TPSA) is 86.5 Å². The van der Waals surface area contributed by atoms with Crippen molar-refractivity contribution in [3.8, 4) is 0 Å². The molecule has 7 nitrogen and oxygen atoms in total. The normalized spacial score (nSPS) is 23.5. The maximum absolute atomic E-state index is 13.3. The summed E-state index contributed by atoms with van der Waals surface area (Å²) in [5.74, 6) is 0.339. The smallest absolute Gasteiger partial charge is 0.258 e. The number of hydrogen-bond acceptors (Lipinski definition) is 4. The van der Waals surface area contributed by atoms with Gasteiger partial charge in [-0.25, -0.2) is 4.52 Å². The summed E-state index contributed by atoms with van der Waals surface area (Å²) in [6.45, 7) is 0.783. The first-order chi connectivity index (χ1) is 12.2. The molecule has 128 valence electrons. The molecule has 0 bridgehead atoms. The van der Waals surface area contributed by atoms with Gasteiger partial charge in [0.05, 0.1) is 29.0 Å². The Morgan fingerprint density at radius 1 is 1.32 bits per heavy atom. The summed E-state index contributed by atoms with van der Waals surface area (Å²) in [4.78, 5) is 15.0. The van der Waals surface area contributed by atoms with E-state index in [1.807, 2.05) is 24.4 Å². The van der Waals surface area contributed by atoms with Gasteiger partial charge in [-0.3, -0.25) is 9.89 Å². The molecule has 0 spiro atoms. The lowest BCUT2D eigenvalue weighted by Gasteiger charge is -2.22. The average molecular weight is 337 g/mol. The molecular weight excluding hydrogens is 318 g/mol. The summed E-state index contributed by atoms with van der Waals surface area (Å²) >= 11 is 0. The first-order valence-electron chi connectivity index (χ1n) is 8.64. The van der Waals surface area contributed by atoms with Gasteiger partial charge in [0, 0.05) is 31.3 Å². The Bertz CT molecular complexity index is 944. The van der Waals surface area contributed by atoms with Crippen LogP contribution in [0.2, 0.25) is 0 Å². The van der Waals surface area contributed by atoms with E-state index in [-0.39, 0.29) is 12.5 Å². The van der Waals surface area contributed by atoms with E-state index in [1.165, 1.54) is 0 Å². The molecule has 5 rings (SSSR count). The van der Waals surface area contributed by atoms with Crippen molar-refractivity contribution in [2.24, 2.45) is 0 Å². The number of nitrogens with zero attached hydrogens (tertiary/aromatic N) is 4. The van der Waals surface area contributed by atoms with Crippen molar-refractivity contribution in [1.82, 2.24) is 24.7 Å². The Hall–Kier alpha value is -2.67. The molecule has 4 heterocycles. The van der Waals surface area contributed by atoms with Gasteiger partial charge in [0.15, 0.2) is 0 Å². The van der Waals surface area contributed by atoms with E-state index in [9.17, 15) is 9.90 Å². The highest BCUT2D eigenvalue weighted by atomic mass is 16.3. The number of H-pyrrole nitrogens is 1. The quantitative estimate of drug-likeness (QED) is 0.761. The number of aliphatic hydroxyl groups is 1. The van der Waals surface area contributed by atoms with Crippen molar-refractivity contribution < 1.29 is 9.90 Å². The Morgan fingerprint density at radius 3 is 2.96 bits per heavy atom. The molecular formula is C18H19N5O2. The third-order valence-corrected chi connectivity index (χ3v) is 5.28. The first-order valence-corrected chi connectivity index (χ1v) is 8.64. The fourth-order valence-electron chi connectivity index (χ4n) is 3.74. The number of hydrogen-bond donors (Lipinski definition) is 2. The number of likely N-dealkylation sites (tertiary alicyclic amines) is 1. The second kappa shape index (κ2) is 5.16.